The van der Waals surface area contributed by atoms with Crippen molar-refractivity contribution < 1.29 is 31.4 Å². The van der Waals surface area contributed by atoms with Crippen LogP contribution in [0.5, 0.6) is 11.8 Å². The Morgan fingerprint density at radius 2 is 1.91 bits per heavy atom. The van der Waals surface area contributed by atoms with Crippen LogP contribution < -0.4 is 20.1 Å². The van der Waals surface area contributed by atoms with Gasteiger partial charge in [-0.05, 0) is 57.2 Å². The van der Waals surface area contributed by atoms with E-state index in [4.69, 9.17) is 26.8 Å². The maximum absolute atomic E-state index is 16.8. The van der Waals surface area contributed by atoms with Crippen LogP contribution in [-0.4, -0.2) is 70.5 Å². The van der Waals surface area contributed by atoms with Crippen LogP contribution in [0.4, 0.5) is 33.6 Å². The number of nitrogens with two attached hydrogens (primary N) is 1. The summed E-state index contributed by atoms with van der Waals surface area (Å²) in [6.45, 7) is 2.91. The van der Waals surface area contributed by atoms with Gasteiger partial charge in [0.2, 0.25) is 0 Å². The van der Waals surface area contributed by atoms with Crippen molar-refractivity contribution in [1.29, 1.82) is 0 Å². The van der Waals surface area contributed by atoms with Crippen molar-refractivity contribution in [3.05, 3.63) is 28.0 Å². The molecule has 14 heteroatoms. The SMILES string of the molecule is Cc1cc(N)nc(-c2c(Cl)c3c4c(nc(OC[C@@]56CCCN5C[C@H](F)C6)nc4c2F)N(C)CCC2(CCC2)O3)c1C(F)(F)F. The summed E-state index contributed by atoms with van der Waals surface area (Å²) in [5, 5.41) is -0.227. The lowest BCUT2D eigenvalue weighted by molar-refractivity contribution is -0.137. The van der Waals surface area contributed by atoms with Gasteiger partial charge in [0.05, 0.1) is 32.8 Å². The van der Waals surface area contributed by atoms with E-state index in [1.807, 2.05) is 4.90 Å². The second kappa shape index (κ2) is 10.2. The Balaban J connectivity index is 1.45. The number of aromatic nitrogens is 3. The molecule has 236 valence electrons. The molecule has 5 heterocycles. The van der Waals surface area contributed by atoms with Crippen LogP contribution in [0, 0.1) is 12.7 Å². The van der Waals surface area contributed by atoms with Crippen molar-refractivity contribution in [1.82, 2.24) is 19.9 Å². The first-order valence-electron chi connectivity index (χ1n) is 14.8. The average Bonchev–Trinajstić information content (AvgIpc) is 3.43. The van der Waals surface area contributed by atoms with E-state index in [0.29, 0.717) is 38.8 Å². The first-order valence-corrected chi connectivity index (χ1v) is 15.2. The molecule has 0 radical (unpaired) electrons. The van der Waals surface area contributed by atoms with Crippen molar-refractivity contribution in [2.24, 2.45) is 0 Å². The molecule has 4 aliphatic rings. The zero-order chi connectivity index (χ0) is 31.2. The fraction of sp³-hybridized carbons (Fsp3) is 0.567. The molecule has 0 bridgehead atoms. The lowest BCUT2D eigenvalue weighted by atomic mass is 9.77. The number of rotatable bonds is 4. The Morgan fingerprint density at radius 1 is 1.14 bits per heavy atom. The number of halogens is 6. The maximum atomic E-state index is 16.8. The van der Waals surface area contributed by atoms with Crippen LogP contribution in [0.25, 0.3) is 22.2 Å². The topological polar surface area (TPSA) is 89.6 Å². The average molecular weight is 639 g/mol. The Hall–Kier alpha value is -3.19. The number of benzene rings is 1. The summed E-state index contributed by atoms with van der Waals surface area (Å²) < 4.78 is 87.0. The van der Waals surface area contributed by atoms with E-state index in [1.165, 1.54) is 6.92 Å². The van der Waals surface area contributed by atoms with Crippen LogP contribution in [0.3, 0.4) is 0 Å². The van der Waals surface area contributed by atoms with Crippen LogP contribution >= 0.6 is 11.6 Å². The number of alkyl halides is 4. The molecular weight excluding hydrogens is 607 g/mol. The van der Waals surface area contributed by atoms with Crippen molar-refractivity contribution >= 4 is 34.1 Å². The first-order chi connectivity index (χ1) is 20.8. The summed E-state index contributed by atoms with van der Waals surface area (Å²) in [5.41, 5.74) is 1.69. The van der Waals surface area contributed by atoms with Crippen LogP contribution in [0.15, 0.2) is 6.07 Å². The molecule has 1 saturated carbocycles. The van der Waals surface area contributed by atoms with Gasteiger partial charge in [0.25, 0.3) is 0 Å². The molecule has 2 saturated heterocycles. The van der Waals surface area contributed by atoms with Crippen molar-refractivity contribution in [2.45, 2.75) is 75.4 Å². The number of anilines is 2. The van der Waals surface area contributed by atoms with E-state index in [-0.39, 0.29) is 51.5 Å². The highest BCUT2D eigenvalue weighted by molar-refractivity contribution is 6.36. The molecule has 1 aliphatic carbocycles. The second-order valence-electron chi connectivity index (χ2n) is 12.6. The fourth-order valence-electron chi connectivity index (χ4n) is 7.43. The van der Waals surface area contributed by atoms with Crippen LogP contribution in [0.1, 0.15) is 56.1 Å². The maximum Gasteiger partial charge on any atom is 0.418 e. The molecular formula is C30H32ClF5N6O2. The van der Waals surface area contributed by atoms with E-state index < -0.39 is 46.1 Å². The highest BCUT2D eigenvalue weighted by atomic mass is 35.5. The van der Waals surface area contributed by atoms with Gasteiger partial charge in [-0.1, -0.05) is 11.6 Å². The molecule has 0 unspecified atom stereocenters. The van der Waals surface area contributed by atoms with Crippen LogP contribution in [0.2, 0.25) is 5.02 Å². The van der Waals surface area contributed by atoms with Gasteiger partial charge in [-0.2, -0.15) is 23.1 Å². The number of ether oxygens (including phenoxy) is 2. The van der Waals surface area contributed by atoms with Gasteiger partial charge in [-0.3, -0.25) is 4.90 Å². The van der Waals surface area contributed by atoms with Crippen molar-refractivity contribution in [3.8, 4) is 23.0 Å². The monoisotopic (exact) mass is 638 g/mol. The molecule has 2 N–H and O–H groups in total. The van der Waals surface area contributed by atoms with Crippen molar-refractivity contribution in [2.75, 3.05) is 43.9 Å². The molecule has 3 fully saturated rings. The molecule has 1 aromatic carbocycles. The van der Waals surface area contributed by atoms with Gasteiger partial charge in [0, 0.05) is 33.0 Å². The molecule has 8 nitrogen and oxygen atoms in total. The number of nitrogens with zero attached hydrogens (tertiary/aromatic N) is 5. The van der Waals surface area contributed by atoms with E-state index in [9.17, 15) is 17.6 Å². The first kappa shape index (κ1) is 29.5. The third-order valence-electron chi connectivity index (χ3n) is 9.78. The normalized spacial score (nSPS) is 24.6. The minimum Gasteiger partial charge on any atom is -0.485 e. The van der Waals surface area contributed by atoms with Crippen molar-refractivity contribution in [3.63, 3.8) is 0 Å². The quantitative estimate of drug-likeness (QED) is 0.325. The summed E-state index contributed by atoms with van der Waals surface area (Å²) in [6.07, 6.45) is -1.01. The molecule has 1 spiro atoms. The van der Waals surface area contributed by atoms with E-state index >= 15 is 4.39 Å². The standard InChI is InChI=1S/C30H32ClF5N6O2/c1-15-11-17(37)38-23(20(15)30(34,35)36)18-21(31)25-19-24(22(18)33)39-27(43-14-28-5-4-9-42(28)13-16(32)12-28)40-26(19)41(2)10-8-29(44-25)6-3-7-29/h11,16H,3-10,12-14H2,1-2H3,(H2,37,38)/t16-,28+/m1/s1. The Kier molecular flexibility index (Phi) is 6.82. The number of hydrogen-bond acceptors (Lipinski definition) is 8. The minimum absolute atomic E-state index is 0.00232. The lowest BCUT2D eigenvalue weighted by Gasteiger charge is -2.44. The minimum atomic E-state index is -4.89. The summed E-state index contributed by atoms with van der Waals surface area (Å²) in [6, 6.07) is 0.906. The number of hydrogen-bond donors (Lipinski definition) is 1. The zero-order valence-electron chi connectivity index (χ0n) is 24.3. The predicted octanol–water partition coefficient (Wildman–Crippen LogP) is 6.49. The lowest BCUT2D eigenvalue weighted by Crippen LogP contribution is -2.46. The summed E-state index contributed by atoms with van der Waals surface area (Å²) in [4.78, 5) is 16.9. The van der Waals surface area contributed by atoms with Gasteiger partial charge >= 0.3 is 12.2 Å². The van der Waals surface area contributed by atoms with Gasteiger partial charge in [-0.25, -0.2) is 13.8 Å². The molecule has 2 aromatic heterocycles. The Bertz CT molecular complexity index is 1670. The molecule has 3 aromatic rings. The number of pyridine rings is 1. The Morgan fingerprint density at radius 3 is 2.61 bits per heavy atom. The highest BCUT2D eigenvalue weighted by Gasteiger charge is 2.50. The van der Waals surface area contributed by atoms with E-state index in [2.05, 4.69) is 19.9 Å². The zero-order valence-corrected chi connectivity index (χ0v) is 25.1. The summed E-state index contributed by atoms with van der Waals surface area (Å²) in [5.74, 6) is -1.09. The number of fused-ring (bicyclic) bond motifs is 1. The summed E-state index contributed by atoms with van der Waals surface area (Å²) in [7, 11) is 1.79. The number of aryl methyl sites for hydroxylation is 1. The molecule has 2 atom stereocenters. The number of nitrogen functional groups attached to an aromatic ring is 1. The fourth-order valence-corrected chi connectivity index (χ4v) is 7.74. The van der Waals surface area contributed by atoms with Gasteiger partial charge < -0.3 is 20.1 Å². The van der Waals surface area contributed by atoms with E-state index in [0.717, 1.165) is 31.9 Å². The summed E-state index contributed by atoms with van der Waals surface area (Å²) >= 11 is 6.84. The van der Waals surface area contributed by atoms with Crippen LogP contribution in [-0.2, 0) is 6.18 Å². The van der Waals surface area contributed by atoms with Gasteiger partial charge in [-0.15, -0.1) is 0 Å². The second-order valence-corrected chi connectivity index (χ2v) is 13.0. The van der Waals surface area contributed by atoms with Gasteiger partial charge in [0.1, 0.15) is 35.5 Å². The predicted molar refractivity (Wildman–Crippen MR) is 156 cm³/mol. The highest BCUT2D eigenvalue weighted by Crippen LogP contribution is 2.53. The third kappa shape index (κ3) is 4.60. The third-order valence-corrected chi connectivity index (χ3v) is 10.1. The molecule has 3 aliphatic heterocycles. The largest absolute Gasteiger partial charge is 0.485 e. The van der Waals surface area contributed by atoms with E-state index in [1.54, 1.807) is 7.05 Å². The molecule has 7 rings (SSSR count). The smallest absolute Gasteiger partial charge is 0.418 e. The Labute approximate surface area is 255 Å². The molecule has 0 amide bonds. The molecule has 44 heavy (non-hydrogen) atoms. The van der Waals surface area contributed by atoms with Gasteiger partial charge in [0.15, 0.2) is 11.6 Å².